The van der Waals surface area contributed by atoms with Crippen LogP contribution in [0.2, 0.25) is 0 Å². The lowest BCUT2D eigenvalue weighted by Gasteiger charge is -2.18. The first-order valence-corrected chi connectivity index (χ1v) is 34.1. The molecule has 0 bridgehead atoms. The quantitative estimate of drug-likeness (QED) is 0.0261. The van der Waals surface area contributed by atoms with Crippen LogP contribution in [0.3, 0.4) is 0 Å². The first kappa shape index (κ1) is 74.4. The van der Waals surface area contributed by atoms with Gasteiger partial charge in [-0.15, -0.1) is 0 Å². The minimum atomic E-state index is -0.774. The van der Waals surface area contributed by atoms with Crippen molar-refractivity contribution in [2.75, 3.05) is 13.2 Å². The van der Waals surface area contributed by atoms with Gasteiger partial charge in [0, 0.05) is 19.3 Å². The number of allylic oxidation sites excluding steroid dienone is 8. The van der Waals surface area contributed by atoms with Gasteiger partial charge in [-0.3, -0.25) is 14.4 Å². The summed E-state index contributed by atoms with van der Waals surface area (Å²) in [6.45, 7) is 6.67. The lowest BCUT2D eigenvalue weighted by atomic mass is 10.0. The number of carbonyl (C=O) groups is 3. The smallest absolute Gasteiger partial charge is 0.306 e. The van der Waals surface area contributed by atoms with E-state index in [1.54, 1.807) is 0 Å². The van der Waals surface area contributed by atoms with Gasteiger partial charge in [-0.1, -0.05) is 313 Å². The third kappa shape index (κ3) is 64.1. The van der Waals surface area contributed by atoms with E-state index < -0.39 is 6.10 Å². The van der Waals surface area contributed by atoms with Gasteiger partial charge in [-0.2, -0.15) is 0 Å². The van der Waals surface area contributed by atoms with Crippen LogP contribution in [0.25, 0.3) is 0 Å². The van der Waals surface area contributed by atoms with E-state index in [4.69, 9.17) is 14.2 Å². The van der Waals surface area contributed by atoms with Crippen molar-refractivity contribution in [3.05, 3.63) is 48.6 Å². The summed E-state index contributed by atoms with van der Waals surface area (Å²) in [7, 11) is 0. The molecule has 0 rings (SSSR count). The molecule has 0 amide bonds. The molecule has 0 radical (unpaired) electrons. The molecule has 0 heterocycles. The Bertz CT molecular complexity index is 1330. The van der Waals surface area contributed by atoms with Crippen molar-refractivity contribution in [1.29, 1.82) is 0 Å². The van der Waals surface area contributed by atoms with Crippen LogP contribution in [0.4, 0.5) is 0 Å². The Morgan fingerprint density at radius 2 is 0.468 bits per heavy atom. The van der Waals surface area contributed by atoms with Crippen molar-refractivity contribution < 1.29 is 28.6 Å². The predicted octanol–water partition coefficient (Wildman–Crippen LogP) is 23.3. The van der Waals surface area contributed by atoms with Gasteiger partial charge in [0.1, 0.15) is 13.2 Å². The Hall–Kier alpha value is -2.63. The Labute approximate surface area is 479 Å². The first-order chi connectivity index (χ1) is 38.0. The van der Waals surface area contributed by atoms with Crippen LogP contribution in [-0.2, 0) is 28.6 Å². The summed E-state index contributed by atoms with van der Waals surface area (Å²) >= 11 is 0. The summed E-state index contributed by atoms with van der Waals surface area (Å²) in [5.41, 5.74) is 0. The van der Waals surface area contributed by atoms with Gasteiger partial charge in [0.05, 0.1) is 0 Å². The Morgan fingerprint density at radius 1 is 0.260 bits per heavy atom. The second-order valence-corrected chi connectivity index (χ2v) is 23.1. The number of unbranched alkanes of at least 4 members (excludes halogenated alkanes) is 44. The zero-order valence-corrected chi connectivity index (χ0v) is 51.7. The zero-order valence-electron chi connectivity index (χ0n) is 51.7. The molecule has 0 spiro atoms. The Kier molecular flexibility index (Phi) is 63.6. The van der Waals surface area contributed by atoms with Gasteiger partial charge >= 0.3 is 17.9 Å². The molecule has 0 aliphatic heterocycles. The van der Waals surface area contributed by atoms with E-state index in [0.29, 0.717) is 19.3 Å². The predicted molar refractivity (Wildman–Crippen MR) is 335 cm³/mol. The van der Waals surface area contributed by atoms with E-state index >= 15 is 0 Å². The molecule has 0 fully saturated rings. The fourth-order valence-corrected chi connectivity index (χ4v) is 10.2. The molecular formula is C71H130O6. The third-order valence-electron chi connectivity index (χ3n) is 15.3. The topological polar surface area (TPSA) is 78.9 Å². The monoisotopic (exact) mass is 1080 g/mol. The van der Waals surface area contributed by atoms with E-state index in [0.717, 1.165) is 77.0 Å². The Balaban J connectivity index is 4.15. The number of rotatable bonds is 63. The highest BCUT2D eigenvalue weighted by atomic mass is 16.6. The van der Waals surface area contributed by atoms with Crippen molar-refractivity contribution in [1.82, 2.24) is 0 Å². The van der Waals surface area contributed by atoms with Crippen molar-refractivity contribution in [3.8, 4) is 0 Å². The van der Waals surface area contributed by atoms with Gasteiger partial charge in [-0.25, -0.2) is 0 Å². The molecule has 1 atom stereocenters. The maximum atomic E-state index is 12.9. The normalized spacial score (nSPS) is 12.3. The maximum absolute atomic E-state index is 12.9. The van der Waals surface area contributed by atoms with Gasteiger partial charge in [-0.05, 0) is 83.5 Å². The number of ether oxygens (including phenoxy) is 3. The number of hydrogen-bond acceptors (Lipinski definition) is 6. The van der Waals surface area contributed by atoms with Crippen LogP contribution in [0.15, 0.2) is 48.6 Å². The van der Waals surface area contributed by atoms with Gasteiger partial charge < -0.3 is 14.2 Å². The summed E-state index contributed by atoms with van der Waals surface area (Å²) in [6.07, 6.45) is 82.8. The van der Waals surface area contributed by atoms with Crippen molar-refractivity contribution >= 4 is 17.9 Å². The molecule has 0 aromatic heterocycles. The number of esters is 3. The molecular weight excluding hydrogens is 949 g/mol. The molecule has 0 aromatic rings. The minimum absolute atomic E-state index is 0.0712. The molecule has 6 nitrogen and oxygen atoms in total. The maximum Gasteiger partial charge on any atom is 0.306 e. The standard InChI is InChI=1S/C71H130O6/c1-4-7-10-13-16-19-22-25-28-29-30-31-32-33-34-35-36-37-38-39-40-41-42-43-44-47-49-52-55-58-61-64-70(73)76-67-68(77-71(74)65-62-59-56-53-50-46-27-24-21-18-15-12-9-6-3)66-75-69(72)63-60-57-54-51-48-45-26-23-20-17-14-11-8-5-2/h22,24-25,27,29-30,32-33,68H,4-21,23,26,28,31,34-67H2,1-3H3/b25-22-,27-24-,30-29-,33-32-. The molecule has 1 unspecified atom stereocenters. The molecule has 77 heavy (non-hydrogen) atoms. The van der Waals surface area contributed by atoms with E-state index in [1.165, 1.54) is 250 Å². The van der Waals surface area contributed by atoms with Gasteiger partial charge in [0.15, 0.2) is 6.10 Å². The molecule has 0 saturated carbocycles. The van der Waals surface area contributed by atoms with Crippen LogP contribution >= 0.6 is 0 Å². The second kappa shape index (κ2) is 65.9. The lowest BCUT2D eigenvalue weighted by molar-refractivity contribution is -0.167. The average molecular weight is 1080 g/mol. The Morgan fingerprint density at radius 3 is 0.740 bits per heavy atom. The average Bonchev–Trinajstić information content (AvgIpc) is 3.43. The molecule has 0 aliphatic rings. The van der Waals surface area contributed by atoms with Gasteiger partial charge in [0.2, 0.25) is 0 Å². The summed E-state index contributed by atoms with van der Waals surface area (Å²) < 4.78 is 16.9. The molecule has 450 valence electrons. The molecule has 0 saturated heterocycles. The molecule has 6 heteroatoms. The van der Waals surface area contributed by atoms with Crippen LogP contribution in [0, 0.1) is 0 Å². The van der Waals surface area contributed by atoms with Crippen molar-refractivity contribution in [2.45, 2.75) is 374 Å². The van der Waals surface area contributed by atoms with Gasteiger partial charge in [0.25, 0.3) is 0 Å². The minimum Gasteiger partial charge on any atom is -0.462 e. The van der Waals surface area contributed by atoms with Crippen LogP contribution < -0.4 is 0 Å². The summed E-state index contributed by atoms with van der Waals surface area (Å²) in [4.78, 5) is 38.3. The lowest BCUT2D eigenvalue weighted by Crippen LogP contribution is -2.30. The summed E-state index contributed by atoms with van der Waals surface area (Å²) in [6, 6.07) is 0. The second-order valence-electron chi connectivity index (χ2n) is 23.1. The highest BCUT2D eigenvalue weighted by molar-refractivity contribution is 5.71. The van der Waals surface area contributed by atoms with E-state index in [1.807, 2.05) is 0 Å². The fourth-order valence-electron chi connectivity index (χ4n) is 10.2. The van der Waals surface area contributed by atoms with Crippen LogP contribution in [0.1, 0.15) is 367 Å². The van der Waals surface area contributed by atoms with Crippen molar-refractivity contribution in [3.63, 3.8) is 0 Å². The van der Waals surface area contributed by atoms with E-state index in [9.17, 15) is 14.4 Å². The van der Waals surface area contributed by atoms with E-state index in [-0.39, 0.29) is 31.1 Å². The summed E-state index contributed by atoms with van der Waals surface area (Å²) in [5.74, 6) is -0.857. The first-order valence-electron chi connectivity index (χ1n) is 34.1. The molecule has 0 aromatic carbocycles. The summed E-state index contributed by atoms with van der Waals surface area (Å²) in [5, 5.41) is 0. The highest BCUT2D eigenvalue weighted by Crippen LogP contribution is 2.18. The van der Waals surface area contributed by atoms with Crippen LogP contribution in [-0.4, -0.2) is 37.2 Å². The fraction of sp³-hybridized carbons (Fsp3) is 0.845. The van der Waals surface area contributed by atoms with E-state index in [2.05, 4.69) is 69.4 Å². The molecule has 0 N–H and O–H groups in total. The molecule has 0 aliphatic carbocycles. The highest BCUT2D eigenvalue weighted by Gasteiger charge is 2.19. The SMILES string of the molecule is CCCCCCC/C=C\C/C=C\C/C=C\CCCCCCCCCCCCCCCCCCC(=O)OCC(COC(=O)CCCCCCCCCCCCCCCC)OC(=O)CCCCCCC/C=C\CCCCCCC. The largest absolute Gasteiger partial charge is 0.462 e. The number of carbonyl (C=O) groups excluding carboxylic acids is 3. The zero-order chi connectivity index (χ0) is 55.7. The van der Waals surface area contributed by atoms with Crippen molar-refractivity contribution in [2.24, 2.45) is 0 Å². The van der Waals surface area contributed by atoms with Crippen LogP contribution in [0.5, 0.6) is 0 Å². The third-order valence-corrected chi connectivity index (χ3v) is 15.3. The number of hydrogen-bond donors (Lipinski definition) is 0.